The molecular weight excluding hydrogens is 444 g/mol. The second kappa shape index (κ2) is 10.3. The summed E-state index contributed by atoms with van der Waals surface area (Å²) in [6, 6.07) is 14.9. The molecule has 1 amide bonds. The molecule has 1 aliphatic heterocycles. The Labute approximate surface area is 192 Å². The third-order valence-corrected chi connectivity index (χ3v) is 7.10. The molecule has 0 atom stereocenters. The first-order valence-corrected chi connectivity index (χ1v) is 11.6. The number of nitrogens with zero attached hydrogens (tertiary/aromatic N) is 3. The molecular formula is C23H24N4O5S. The standard InChI is InChI=1S/C23H24N4O5S/c1-17-7-9-19(10-8-17)33(30,31)27-13-11-26(12-14-27)16-18(15-24)22(28)25-21-6-4-3-5-20(21)23(29)32-2/h3-10,16H,11-14H2,1-2H3,(H,25,28)/b18-16-. The number of hydrogen-bond acceptors (Lipinski definition) is 7. The van der Waals surface area contributed by atoms with E-state index < -0.39 is 21.9 Å². The third kappa shape index (κ3) is 5.58. The van der Waals surface area contributed by atoms with Crippen molar-refractivity contribution < 1.29 is 22.7 Å². The molecule has 1 aliphatic rings. The Morgan fingerprint density at radius 2 is 1.70 bits per heavy atom. The van der Waals surface area contributed by atoms with Gasteiger partial charge in [-0.25, -0.2) is 13.2 Å². The highest BCUT2D eigenvalue weighted by molar-refractivity contribution is 7.89. The molecule has 0 spiro atoms. The molecule has 3 rings (SSSR count). The topological polar surface area (TPSA) is 120 Å². The van der Waals surface area contributed by atoms with Gasteiger partial charge in [0, 0.05) is 32.4 Å². The van der Waals surface area contributed by atoms with Gasteiger partial charge in [0.15, 0.2) is 0 Å². The van der Waals surface area contributed by atoms with Crippen molar-refractivity contribution in [2.75, 3.05) is 38.6 Å². The van der Waals surface area contributed by atoms with Crippen molar-refractivity contribution in [3.8, 4) is 6.07 Å². The molecule has 0 aliphatic carbocycles. The SMILES string of the molecule is COC(=O)c1ccccc1NC(=O)/C(C#N)=C\N1CCN(S(=O)(=O)c2ccc(C)cc2)CC1. The number of piperazine rings is 1. The van der Waals surface area contributed by atoms with Gasteiger partial charge in [-0.3, -0.25) is 4.79 Å². The highest BCUT2D eigenvalue weighted by Gasteiger charge is 2.28. The van der Waals surface area contributed by atoms with E-state index in [2.05, 4.69) is 5.32 Å². The van der Waals surface area contributed by atoms with Crippen LogP contribution in [0.4, 0.5) is 5.69 Å². The van der Waals surface area contributed by atoms with Crippen LogP contribution in [0.1, 0.15) is 15.9 Å². The number of rotatable bonds is 6. The molecule has 1 heterocycles. The number of methoxy groups -OCH3 is 1. The number of anilines is 1. The van der Waals surface area contributed by atoms with Gasteiger partial charge in [0.2, 0.25) is 10.0 Å². The largest absolute Gasteiger partial charge is 0.465 e. The van der Waals surface area contributed by atoms with Gasteiger partial charge in [-0.15, -0.1) is 0 Å². The number of amides is 1. The second-order valence-electron chi connectivity index (χ2n) is 7.40. The van der Waals surface area contributed by atoms with Crippen LogP contribution in [0.15, 0.2) is 65.2 Å². The summed E-state index contributed by atoms with van der Waals surface area (Å²) in [5, 5.41) is 12.0. The number of sulfonamides is 1. The van der Waals surface area contributed by atoms with Gasteiger partial charge in [0.1, 0.15) is 11.6 Å². The molecule has 1 saturated heterocycles. The Bertz CT molecular complexity index is 1210. The molecule has 0 bridgehead atoms. The molecule has 9 nitrogen and oxygen atoms in total. The van der Waals surface area contributed by atoms with Crippen LogP contribution in [-0.2, 0) is 19.6 Å². The van der Waals surface area contributed by atoms with Gasteiger partial charge in [-0.05, 0) is 31.2 Å². The lowest BCUT2D eigenvalue weighted by Gasteiger charge is -2.33. The van der Waals surface area contributed by atoms with E-state index in [1.54, 1.807) is 41.3 Å². The normalized spacial score (nSPS) is 14.9. The molecule has 172 valence electrons. The summed E-state index contributed by atoms with van der Waals surface area (Å²) >= 11 is 0. The molecule has 0 radical (unpaired) electrons. The van der Waals surface area contributed by atoms with Gasteiger partial charge in [0.05, 0.1) is 23.3 Å². The predicted octanol–water partition coefficient (Wildman–Crippen LogP) is 2.13. The maximum atomic E-state index is 12.8. The molecule has 0 saturated carbocycles. The average Bonchev–Trinajstić information content (AvgIpc) is 2.83. The number of nitriles is 1. The summed E-state index contributed by atoms with van der Waals surface area (Å²) in [5.41, 5.74) is 1.20. The maximum Gasteiger partial charge on any atom is 0.339 e. The summed E-state index contributed by atoms with van der Waals surface area (Å²) in [6.07, 6.45) is 1.41. The highest BCUT2D eigenvalue weighted by Crippen LogP contribution is 2.20. The summed E-state index contributed by atoms with van der Waals surface area (Å²) in [5.74, 6) is -1.29. The number of hydrogen-bond donors (Lipinski definition) is 1. The maximum absolute atomic E-state index is 12.8. The van der Waals surface area contributed by atoms with Crippen LogP contribution >= 0.6 is 0 Å². The summed E-state index contributed by atoms with van der Waals surface area (Å²) in [6.45, 7) is 2.97. The molecule has 1 N–H and O–H groups in total. The second-order valence-corrected chi connectivity index (χ2v) is 9.34. The van der Waals surface area contributed by atoms with E-state index in [0.717, 1.165) is 5.56 Å². The van der Waals surface area contributed by atoms with Crippen LogP contribution in [0.2, 0.25) is 0 Å². The highest BCUT2D eigenvalue weighted by atomic mass is 32.2. The smallest absolute Gasteiger partial charge is 0.339 e. The van der Waals surface area contributed by atoms with E-state index in [-0.39, 0.29) is 34.8 Å². The number of nitrogens with one attached hydrogen (secondary N) is 1. The Morgan fingerprint density at radius 3 is 2.30 bits per heavy atom. The number of ether oxygens (including phenoxy) is 1. The van der Waals surface area contributed by atoms with Crippen LogP contribution in [-0.4, -0.2) is 62.8 Å². The summed E-state index contributed by atoms with van der Waals surface area (Å²) in [4.78, 5) is 26.5. The zero-order chi connectivity index (χ0) is 24.0. The monoisotopic (exact) mass is 468 g/mol. The predicted molar refractivity (Wildman–Crippen MR) is 122 cm³/mol. The summed E-state index contributed by atoms with van der Waals surface area (Å²) < 4.78 is 31.8. The van der Waals surface area contributed by atoms with Crippen molar-refractivity contribution >= 4 is 27.6 Å². The van der Waals surface area contributed by atoms with E-state index in [4.69, 9.17) is 4.74 Å². The van der Waals surface area contributed by atoms with E-state index in [0.29, 0.717) is 13.1 Å². The Balaban J connectivity index is 1.68. The minimum absolute atomic E-state index is 0.162. The van der Waals surface area contributed by atoms with E-state index >= 15 is 0 Å². The lowest BCUT2D eigenvalue weighted by molar-refractivity contribution is -0.112. The van der Waals surface area contributed by atoms with E-state index in [1.165, 1.54) is 29.7 Å². The van der Waals surface area contributed by atoms with Gasteiger partial charge in [0.25, 0.3) is 5.91 Å². The quantitative estimate of drug-likeness (QED) is 0.392. The number of esters is 1. The molecule has 2 aromatic carbocycles. The van der Waals surface area contributed by atoms with Crippen LogP contribution in [0, 0.1) is 18.3 Å². The van der Waals surface area contributed by atoms with Crippen LogP contribution in [0.5, 0.6) is 0 Å². The van der Waals surface area contributed by atoms with Gasteiger partial charge >= 0.3 is 5.97 Å². The summed E-state index contributed by atoms with van der Waals surface area (Å²) in [7, 11) is -2.37. The van der Waals surface area contributed by atoms with Gasteiger partial charge < -0.3 is 15.0 Å². The molecule has 0 aromatic heterocycles. The van der Waals surface area contributed by atoms with E-state index in [9.17, 15) is 23.3 Å². The molecule has 10 heteroatoms. The van der Waals surface area contributed by atoms with Crippen molar-refractivity contribution in [3.05, 3.63) is 71.4 Å². The zero-order valence-electron chi connectivity index (χ0n) is 18.3. The minimum Gasteiger partial charge on any atom is -0.465 e. The van der Waals surface area contributed by atoms with Crippen molar-refractivity contribution in [2.45, 2.75) is 11.8 Å². The molecule has 1 fully saturated rings. The van der Waals surface area contributed by atoms with Crippen molar-refractivity contribution in [1.29, 1.82) is 5.26 Å². The Kier molecular flexibility index (Phi) is 7.48. The lowest BCUT2D eigenvalue weighted by atomic mass is 10.1. The number of benzene rings is 2. The minimum atomic E-state index is -3.61. The van der Waals surface area contributed by atoms with Crippen LogP contribution in [0.3, 0.4) is 0 Å². The van der Waals surface area contributed by atoms with Crippen molar-refractivity contribution in [3.63, 3.8) is 0 Å². The molecule has 33 heavy (non-hydrogen) atoms. The molecule has 2 aromatic rings. The molecule has 0 unspecified atom stereocenters. The van der Waals surface area contributed by atoms with Gasteiger partial charge in [-0.2, -0.15) is 9.57 Å². The fourth-order valence-corrected chi connectivity index (χ4v) is 4.75. The van der Waals surface area contributed by atoms with Crippen molar-refractivity contribution in [2.24, 2.45) is 0 Å². The zero-order valence-corrected chi connectivity index (χ0v) is 19.1. The van der Waals surface area contributed by atoms with Crippen molar-refractivity contribution in [1.82, 2.24) is 9.21 Å². The number of aryl methyl sites for hydroxylation is 1. The first-order valence-electron chi connectivity index (χ1n) is 10.2. The fourth-order valence-electron chi connectivity index (χ4n) is 3.32. The van der Waals surface area contributed by atoms with E-state index in [1.807, 2.05) is 13.0 Å². The lowest BCUT2D eigenvalue weighted by Crippen LogP contribution is -2.46. The number of carbonyl (C=O) groups excluding carboxylic acids is 2. The number of carbonyl (C=O) groups is 2. The average molecular weight is 469 g/mol. The Morgan fingerprint density at radius 1 is 1.06 bits per heavy atom. The first kappa shape index (κ1) is 24.0. The Hall–Kier alpha value is -3.68. The first-order chi connectivity index (χ1) is 15.8. The van der Waals surface area contributed by atoms with Crippen LogP contribution < -0.4 is 5.32 Å². The fraction of sp³-hybridized carbons (Fsp3) is 0.261. The van der Waals surface area contributed by atoms with Crippen LogP contribution in [0.25, 0.3) is 0 Å². The number of para-hydroxylation sites is 1. The van der Waals surface area contributed by atoms with Gasteiger partial charge in [-0.1, -0.05) is 29.8 Å². The third-order valence-electron chi connectivity index (χ3n) is 5.19.